The Bertz CT molecular complexity index is 649. The van der Waals surface area contributed by atoms with Crippen LogP contribution in [0.3, 0.4) is 0 Å². The smallest absolute Gasteiger partial charge is 0.323 e. The van der Waals surface area contributed by atoms with Crippen LogP contribution in [0.1, 0.15) is 16.9 Å². The van der Waals surface area contributed by atoms with E-state index in [0.717, 1.165) is 0 Å². The highest BCUT2D eigenvalue weighted by Crippen LogP contribution is 2.27. The first-order valence-electron chi connectivity index (χ1n) is 7.03. The van der Waals surface area contributed by atoms with Crippen LogP contribution in [-0.4, -0.2) is 60.3 Å². The summed E-state index contributed by atoms with van der Waals surface area (Å²) in [7, 11) is 1.33. The first kappa shape index (κ1) is 17.5. The second-order valence-corrected chi connectivity index (χ2v) is 5.00. The second kappa shape index (κ2) is 7.59. The van der Waals surface area contributed by atoms with Gasteiger partial charge >= 0.3 is 11.9 Å². The normalized spacial score (nSPS) is 21.6. The zero-order valence-corrected chi connectivity index (χ0v) is 12.9. The van der Waals surface area contributed by atoms with Crippen molar-refractivity contribution in [3.05, 3.63) is 18.0 Å². The van der Waals surface area contributed by atoms with Gasteiger partial charge in [-0.15, -0.1) is 0 Å². The number of methoxy groups -OCH3 is 1. The molecule has 2 unspecified atom stereocenters. The van der Waals surface area contributed by atoms with E-state index in [1.54, 1.807) is 0 Å². The van der Waals surface area contributed by atoms with E-state index >= 15 is 0 Å². The van der Waals surface area contributed by atoms with Crippen LogP contribution in [0.25, 0.3) is 0 Å². The molecular weight excluding hydrogens is 322 g/mol. The molecule has 1 aromatic rings. The number of rotatable bonds is 3. The van der Waals surface area contributed by atoms with Crippen LogP contribution in [0.15, 0.2) is 12.3 Å². The SMILES string of the molecule is COc1ccnc(C(=O)NC2COC(=O)CC(N)C(=O)OC2)c1O. The second-order valence-electron chi connectivity index (χ2n) is 5.00. The molecule has 0 aromatic carbocycles. The zero-order valence-electron chi connectivity index (χ0n) is 12.9. The molecule has 10 nitrogen and oxygen atoms in total. The van der Waals surface area contributed by atoms with E-state index in [1.165, 1.54) is 19.4 Å². The van der Waals surface area contributed by atoms with Crippen LogP contribution in [0.4, 0.5) is 0 Å². The van der Waals surface area contributed by atoms with Crippen molar-refractivity contribution >= 4 is 17.8 Å². The maximum atomic E-state index is 12.2. The van der Waals surface area contributed by atoms with Gasteiger partial charge in [0.15, 0.2) is 17.2 Å². The minimum Gasteiger partial charge on any atom is -0.503 e. The fraction of sp³-hybridized carbons (Fsp3) is 0.429. The summed E-state index contributed by atoms with van der Waals surface area (Å²) in [4.78, 5) is 39.1. The molecule has 0 bridgehead atoms. The summed E-state index contributed by atoms with van der Waals surface area (Å²) in [5.41, 5.74) is 5.20. The first-order chi connectivity index (χ1) is 11.4. The number of cyclic esters (lactones) is 2. The first-order valence-corrected chi connectivity index (χ1v) is 7.03. The van der Waals surface area contributed by atoms with Crippen molar-refractivity contribution in [2.45, 2.75) is 18.5 Å². The van der Waals surface area contributed by atoms with Crippen molar-refractivity contribution in [3.63, 3.8) is 0 Å². The maximum Gasteiger partial charge on any atom is 0.323 e. The van der Waals surface area contributed by atoms with Gasteiger partial charge in [0.1, 0.15) is 19.3 Å². The number of hydrogen-bond donors (Lipinski definition) is 3. The molecule has 24 heavy (non-hydrogen) atoms. The van der Waals surface area contributed by atoms with Crippen molar-refractivity contribution in [2.24, 2.45) is 5.73 Å². The molecule has 0 saturated carbocycles. The van der Waals surface area contributed by atoms with Crippen LogP contribution in [0.2, 0.25) is 0 Å². The van der Waals surface area contributed by atoms with Crippen LogP contribution < -0.4 is 15.8 Å². The molecule has 0 aliphatic carbocycles. The quantitative estimate of drug-likeness (QED) is 0.571. The Balaban J connectivity index is 2.09. The topological polar surface area (TPSA) is 150 Å². The molecule has 1 aliphatic heterocycles. The monoisotopic (exact) mass is 339 g/mol. The molecule has 2 atom stereocenters. The lowest BCUT2D eigenvalue weighted by molar-refractivity contribution is -0.148. The fourth-order valence-electron chi connectivity index (χ4n) is 1.96. The van der Waals surface area contributed by atoms with Crippen LogP contribution in [-0.2, 0) is 19.1 Å². The molecule has 4 N–H and O–H groups in total. The lowest BCUT2D eigenvalue weighted by atomic mass is 10.2. The molecule has 1 aliphatic rings. The van der Waals surface area contributed by atoms with Crippen molar-refractivity contribution in [3.8, 4) is 11.5 Å². The summed E-state index contributed by atoms with van der Waals surface area (Å²) in [5, 5.41) is 12.4. The molecule has 1 fully saturated rings. The summed E-state index contributed by atoms with van der Waals surface area (Å²) < 4.78 is 14.8. The standard InChI is InChI=1S/C14H17N3O7/c1-22-9-2-3-16-11(12(9)19)13(20)17-7-5-23-10(18)4-8(15)14(21)24-6-7/h2-3,7-8,19H,4-6,15H2,1H3,(H,17,20). The Morgan fingerprint density at radius 2 is 2.12 bits per heavy atom. The summed E-state index contributed by atoms with van der Waals surface area (Å²) >= 11 is 0. The minimum absolute atomic E-state index is 0.0773. The number of amides is 1. The largest absolute Gasteiger partial charge is 0.503 e. The number of esters is 2. The molecule has 0 spiro atoms. The lowest BCUT2D eigenvalue weighted by Gasteiger charge is -2.17. The predicted octanol–water partition coefficient (Wildman–Crippen LogP) is -1.29. The predicted molar refractivity (Wildman–Crippen MR) is 78.2 cm³/mol. The number of nitrogens with one attached hydrogen (secondary N) is 1. The molecule has 2 heterocycles. The Morgan fingerprint density at radius 3 is 2.83 bits per heavy atom. The molecule has 1 aromatic heterocycles. The average molecular weight is 339 g/mol. The summed E-state index contributed by atoms with van der Waals surface area (Å²) in [6, 6.07) is -0.545. The number of nitrogens with zero attached hydrogens (tertiary/aromatic N) is 1. The van der Waals surface area contributed by atoms with E-state index < -0.39 is 35.7 Å². The van der Waals surface area contributed by atoms with E-state index in [4.69, 9.17) is 19.9 Å². The third kappa shape index (κ3) is 4.10. The number of aromatic nitrogens is 1. The summed E-state index contributed by atoms with van der Waals surface area (Å²) in [6.45, 7) is -0.453. The number of hydrogen-bond acceptors (Lipinski definition) is 9. The van der Waals surface area contributed by atoms with Crippen LogP contribution >= 0.6 is 0 Å². The van der Waals surface area contributed by atoms with E-state index in [1.807, 2.05) is 0 Å². The maximum absolute atomic E-state index is 12.2. The third-order valence-corrected chi connectivity index (χ3v) is 3.22. The van der Waals surface area contributed by atoms with Gasteiger partial charge in [-0.2, -0.15) is 0 Å². The number of nitrogens with two attached hydrogens (primary N) is 1. The molecule has 10 heteroatoms. The molecule has 1 saturated heterocycles. The highest BCUT2D eigenvalue weighted by atomic mass is 16.6. The highest BCUT2D eigenvalue weighted by Gasteiger charge is 2.27. The number of ether oxygens (including phenoxy) is 3. The van der Waals surface area contributed by atoms with E-state index in [9.17, 15) is 19.5 Å². The van der Waals surface area contributed by atoms with Gasteiger partial charge in [-0.3, -0.25) is 14.4 Å². The Hall–Kier alpha value is -2.88. The number of carbonyl (C=O) groups is 3. The third-order valence-electron chi connectivity index (χ3n) is 3.22. The van der Waals surface area contributed by atoms with Crippen molar-refractivity contribution in [1.29, 1.82) is 0 Å². The Labute approximate surface area is 136 Å². The molecule has 1 amide bonds. The van der Waals surface area contributed by atoms with Gasteiger partial charge in [-0.25, -0.2) is 4.98 Å². The molecular formula is C14H17N3O7. The number of pyridine rings is 1. The van der Waals surface area contributed by atoms with Crippen molar-refractivity contribution < 1.29 is 33.7 Å². The van der Waals surface area contributed by atoms with Gasteiger partial charge in [-0.1, -0.05) is 0 Å². The van der Waals surface area contributed by atoms with Gasteiger partial charge in [0.05, 0.1) is 19.6 Å². The van der Waals surface area contributed by atoms with Gasteiger partial charge in [0.2, 0.25) is 0 Å². The van der Waals surface area contributed by atoms with E-state index in [2.05, 4.69) is 10.3 Å². The van der Waals surface area contributed by atoms with Crippen LogP contribution in [0, 0.1) is 0 Å². The average Bonchev–Trinajstić information content (AvgIpc) is 2.61. The van der Waals surface area contributed by atoms with Gasteiger partial charge in [-0.05, 0) is 0 Å². The van der Waals surface area contributed by atoms with E-state index in [-0.39, 0.29) is 31.1 Å². The minimum atomic E-state index is -1.11. The lowest BCUT2D eigenvalue weighted by Crippen LogP contribution is -2.42. The van der Waals surface area contributed by atoms with Gasteiger partial charge < -0.3 is 30.4 Å². The van der Waals surface area contributed by atoms with Gasteiger partial charge in [0, 0.05) is 12.3 Å². The van der Waals surface area contributed by atoms with Crippen LogP contribution in [0.5, 0.6) is 11.5 Å². The molecule has 2 rings (SSSR count). The zero-order chi connectivity index (χ0) is 17.7. The fourth-order valence-corrected chi connectivity index (χ4v) is 1.96. The molecule has 130 valence electrons. The number of aromatic hydroxyl groups is 1. The summed E-state index contributed by atoms with van der Waals surface area (Å²) in [6.07, 6.45) is 0.980. The van der Waals surface area contributed by atoms with Gasteiger partial charge in [0.25, 0.3) is 5.91 Å². The summed E-state index contributed by atoms with van der Waals surface area (Å²) in [5.74, 6) is -2.55. The van der Waals surface area contributed by atoms with E-state index in [0.29, 0.717) is 0 Å². The van der Waals surface area contributed by atoms with Crippen molar-refractivity contribution in [1.82, 2.24) is 10.3 Å². The Morgan fingerprint density at radius 1 is 1.42 bits per heavy atom. The van der Waals surface area contributed by atoms with Crippen molar-refractivity contribution in [2.75, 3.05) is 20.3 Å². The highest BCUT2D eigenvalue weighted by molar-refractivity contribution is 5.95. The number of carbonyl (C=O) groups excluding carboxylic acids is 3. The Kier molecular flexibility index (Phi) is 5.53. The molecule has 0 radical (unpaired) electrons.